The molecule has 1 aliphatic rings. The first-order valence-corrected chi connectivity index (χ1v) is 12.9. The van der Waals surface area contributed by atoms with Gasteiger partial charge in [0.1, 0.15) is 0 Å². The van der Waals surface area contributed by atoms with Gasteiger partial charge in [-0.25, -0.2) is 13.2 Å². The second-order valence-corrected chi connectivity index (χ2v) is 10.2. The molecule has 1 amide bonds. The maximum absolute atomic E-state index is 13.1. The Labute approximate surface area is 200 Å². The molecule has 0 bridgehead atoms. The first kappa shape index (κ1) is 25.6. The monoisotopic (exact) mass is 486 g/mol. The number of Topliss-reactive ketones (excluding diaryl/α,β-unsaturated/α-hetero) is 1. The first-order valence-electron chi connectivity index (χ1n) is 11.4. The first-order chi connectivity index (χ1) is 16.2. The Kier molecular flexibility index (Phi) is 8.57. The lowest BCUT2D eigenvalue weighted by Gasteiger charge is -2.26. The van der Waals surface area contributed by atoms with Crippen molar-refractivity contribution >= 4 is 33.4 Å². The van der Waals surface area contributed by atoms with Gasteiger partial charge >= 0.3 is 5.97 Å². The summed E-state index contributed by atoms with van der Waals surface area (Å²) in [7, 11) is -3.71. The number of nitrogens with one attached hydrogen (secondary N) is 1. The van der Waals surface area contributed by atoms with Crippen molar-refractivity contribution in [3.8, 4) is 0 Å². The second kappa shape index (κ2) is 11.4. The van der Waals surface area contributed by atoms with Crippen molar-refractivity contribution in [2.45, 2.75) is 50.8 Å². The number of aryl methyl sites for hydroxylation is 1. The van der Waals surface area contributed by atoms with Crippen molar-refractivity contribution in [1.82, 2.24) is 4.31 Å². The molecule has 2 aromatic carbocycles. The van der Waals surface area contributed by atoms with Crippen LogP contribution in [0.4, 0.5) is 5.69 Å². The minimum absolute atomic E-state index is 0.0722. The van der Waals surface area contributed by atoms with Gasteiger partial charge in [-0.15, -0.1) is 0 Å². The van der Waals surface area contributed by atoms with E-state index in [2.05, 4.69) is 5.32 Å². The average Bonchev–Trinajstić information content (AvgIpc) is 2.83. The Morgan fingerprint density at radius 3 is 2.26 bits per heavy atom. The summed E-state index contributed by atoms with van der Waals surface area (Å²) >= 11 is 0. The number of anilines is 1. The number of sulfonamides is 1. The van der Waals surface area contributed by atoms with Crippen LogP contribution in [0, 0.1) is 6.92 Å². The summed E-state index contributed by atoms with van der Waals surface area (Å²) in [6.45, 7) is 4.04. The summed E-state index contributed by atoms with van der Waals surface area (Å²) in [5.41, 5.74) is 1.53. The van der Waals surface area contributed by atoms with Crippen LogP contribution in [0.5, 0.6) is 0 Å². The van der Waals surface area contributed by atoms with Gasteiger partial charge in [-0.3, -0.25) is 9.59 Å². The lowest BCUT2D eigenvalue weighted by atomic mass is 10.1. The molecule has 0 aliphatic carbocycles. The smallest absolute Gasteiger partial charge is 0.338 e. The van der Waals surface area contributed by atoms with E-state index in [4.69, 9.17) is 4.74 Å². The van der Waals surface area contributed by atoms with E-state index in [0.29, 0.717) is 36.3 Å². The molecule has 2 aromatic rings. The van der Waals surface area contributed by atoms with E-state index in [1.54, 1.807) is 37.3 Å². The fraction of sp³-hybridized carbons (Fsp3) is 0.400. The molecule has 0 saturated carbocycles. The minimum Gasteiger partial charge on any atom is -0.454 e. The number of hydrogen-bond acceptors (Lipinski definition) is 6. The van der Waals surface area contributed by atoms with Gasteiger partial charge in [0.15, 0.2) is 12.4 Å². The Morgan fingerprint density at radius 1 is 0.971 bits per heavy atom. The van der Waals surface area contributed by atoms with Crippen molar-refractivity contribution in [2.75, 3.05) is 25.0 Å². The number of rotatable bonds is 9. The van der Waals surface area contributed by atoms with E-state index >= 15 is 0 Å². The SMILES string of the molecule is CCCC(=O)Nc1ccc(C(=O)COC(=O)c2ccc(C)c(S(=O)(=O)N3CCCCC3)c2)cc1. The van der Waals surface area contributed by atoms with E-state index < -0.39 is 28.4 Å². The van der Waals surface area contributed by atoms with Gasteiger partial charge in [-0.05, 0) is 68.1 Å². The molecule has 0 radical (unpaired) electrons. The van der Waals surface area contributed by atoms with Crippen LogP contribution in [0.15, 0.2) is 47.4 Å². The van der Waals surface area contributed by atoms with Crippen molar-refractivity contribution in [1.29, 1.82) is 0 Å². The van der Waals surface area contributed by atoms with Crippen molar-refractivity contribution in [3.63, 3.8) is 0 Å². The van der Waals surface area contributed by atoms with E-state index in [0.717, 1.165) is 25.7 Å². The highest BCUT2D eigenvalue weighted by Gasteiger charge is 2.28. The van der Waals surface area contributed by atoms with Crippen molar-refractivity contribution < 1.29 is 27.5 Å². The molecule has 0 spiro atoms. The molecular formula is C25H30N2O6S. The van der Waals surface area contributed by atoms with Gasteiger partial charge in [0.2, 0.25) is 15.9 Å². The van der Waals surface area contributed by atoms with E-state index in [1.165, 1.54) is 16.4 Å². The summed E-state index contributed by atoms with van der Waals surface area (Å²) in [6.07, 6.45) is 3.78. The van der Waals surface area contributed by atoms with Crippen LogP contribution in [0.2, 0.25) is 0 Å². The number of hydrogen-bond donors (Lipinski definition) is 1. The zero-order valence-electron chi connectivity index (χ0n) is 19.5. The highest BCUT2D eigenvalue weighted by atomic mass is 32.2. The van der Waals surface area contributed by atoms with Gasteiger partial charge in [0, 0.05) is 30.8 Å². The van der Waals surface area contributed by atoms with Gasteiger partial charge in [0.25, 0.3) is 0 Å². The Hall–Kier alpha value is -3.04. The fourth-order valence-electron chi connectivity index (χ4n) is 3.74. The lowest BCUT2D eigenvalue weighted by molar-refractivity contribution is -0.116. The molecule has 0 unspecified atom stereocenters. The molecule has 0 atom stereocenters. The van der Waals surface area contributed by atoms with Crippen LogP contribution in [0.3, 0.4) is 0 Å². The number of esters is 1. The largest absolute Gasteiger partial charge is 0.454 e. The third kappa shape index (κ3) is 6.30. The van der Waals surface area contributed by atoms with E-state index in [-0.39, 0.29) is 16.4 Å². The second-order valence-electron chi connectivity index (χ2n) is 8.32. The summed E-state index contributed by atoms with van der Waals surface area (Å²) in [4.78, 5) is 36.7. The average molecular weight is 487 g/mol. The van der Waals surface area contributed by atoms with Gasteiger partial charge in [-0.1, -0.05) is 19.4 Å². The molecule has 1 aliphatic heterocycles. The van der Waals surface area contributed by atoms with Gasteiger partial charge in [-0.2, -0.15) is 4.31 Å². The van der Waals surface area contributed by atoms with Crippen molar-refractivity contribution in [2.24, 2.45) is 0 Å². The Balaban J connectivity index is 1.64. The quantitative estimate of drug-likeness (QED) is 0.425. The number of ketones is 1. The minimum atomic E-state index is -3.71. The number of piperidine rings is 1. The Morgan fingerprint density at radius 2 is 1.62 bits per heavy atom. The van der Waals surface area contributed by atoms with Crippen LogP contribution in [-0.4, -0.2) is 50.1 Å². The molecular weight excluding hydrogens is 456 g/mol. The maximum atomic E-state index is 13.1. The normalized spacial score (nSPS) is 14.4. The molecule has 3 rings (SSSR count). The summed E-state index contributed by atoms with van der Waals surface area (Å²) < 4.78 is 32.7. The third-order valence-corrected chi connectivity index (χ3v) is 7.70. The molecule has 1 saturated heterocycles. The topological polar surface area (TPSA) is 110 Å². The number of benzene rings is 2. The van der Waals surface area contributed by atoms with Gasteiger partial charge in [0.05, 0.1) is 10.5 Å². The number of amides is 1. The molecule has 0 aromatic heterocycles. The third-order valence-electron chi connectivity index (χ3n) is 5.66. The molecule has 1 N–H and O–H groups in total. The number of ether oxygens (including phenoxy) is 1. The molecule has 8 nitrogen and oxygen atoms in total. The zero-order valence-corrected chi connectivity index (χ0v) is 20.3. The highest BCUT2D eigenvalue weighted by molar-refractivity contribution is 7.89. The summed E-state index contributed by atoms with van der Waals surface area (Å²) in [5.74, 6) is -1.28. The number of carbonyl (C=O) groups excluding carboxylic acids is 3. The van der Waals surface area contributed by atoms with E-state index in [9.17, 15) is 22.8 Å². The summed E-state index contributed by atoms with van der Waals surface area (Å²) in [6, 6.07) is 10.7. The lowest BCUT2D eigenvalue weighted by Crippen LogP contribution is -2.36. The van der Waals surface area contributed by atoms with Crippen LogP contribution in [-0.2, 0) is 19.6 Å². The number of nitrogens with zero attached hydrogens (tertiary/aromatic N) is 1. The highest BCUT2D eigenvalue weighted by Crippen LogP contribution is 2.24. The maximum Gasteiger partial charge on any atom is 0.338 e. The molecule has 1 fully saturated rings. The summed E-state index contributed by atoms with van der Waals surface area (Å²) in [5, 5.41) is 2.74. The fourth-order valence-corrected chi connectivity index (χ4v) is 5.50. The predicted octanol–water partition coefficient (Wildman–Crippen LogP) is 3.95. The molecule has 34 heavy (non-hydrogen) atoms. The molecule has 9 heteroatoms. The molecule has 182 valence electrons. The number of carbonyl (C=O) groups is 3. The van der Waals surface area contributed by atoms with Gasteiger partial charge < -0.3 is 10.1 Å². The standard InChI is InChI=1S/C25H30N2O6S/c1-3-7-24(29)26-21-12-10-19(11-13-21)22(28)17-33-25(30)20-9-8-18(2)23(16-20)34(31,32)27-14-5-4-6-15-27/h8-13,16H,3-7,14-15,17H2,1-2H3,(H,26,29). The van der Waals surface area contributed by atoms with Crippen LogP contribution in [0.1, 0.15) is 65.3 Å². The predicted molar refractivity (Wildman–Crippen MR) is 128 cm³/mol. The van der Waals surface area contributed by atoms with Crippen LogP contribution < -0.4 is 5.32 Å². The Bertz CT molecular complexity index is 1150. The van der Waals surface area contributed by atoms with Crippen LogP contribution in [0.25, 0.3) is 0 Å². The zero-order chi connectivity index (χ0) is 24.7. The molecule has 1 heterocycles. The van der Waals surface area contributed by atoms with Crippen molar-refractivity contribution in [3.05, 3.63) is 59.2 Å². The van der Waals surface area contributed by atoms with Crippen LogP contribution >= 0.6 is 0 Å². The van der Waals surface area contributed by atoms with E-state index in [1.807, 2.05) is 6.92 Å².